The van der Waals surface area contributed by atoms with Gasteiger partial charge in [-0.2, -0.15) is 0 Å². The number of benzene rings is 2. The first kappa shape index (κ1) is 21.5. The van der Waals surface area contributed by atoms with Gasteiger partial charge in [-0.05, 0) is 48.9 Å². The molecule has 1 atom stereocenters. The molecule has 5 nitrogen and oxygen atoms in total. The van der Waals surface area contributed by atoms with Crippen LogP contribution in [0.1, 0.15) is 47.7 Å². The standard InChI is InChI=1S/C23H32N4O/c1-4-25-23(26-15-13-18(2)20-10-6-5-7-11-20)27-16-14-19-9-8-12-21(17-19)22(28)24-3/h5-12,17-18H,4,13-16H2,1-3H3,(H,24,28)(H2,25,26,27). The van der Waals surface area contributed by atoms with Crippen molar-refractivity contribution in [3.8, 4) is 0 Å². The molecule has 0 radical (unpaired) electrons. The molecular formula is C23H32N4O. The number of carbonyl (C=O) groups is 1. The fourth-order valence-corrected chi connectivity index (χ4v) is 3.00. The van der Waals surface area contributed by atoms with Gasteiger partial charge in [-0.1, -0.05) is 49.4 Å². The predicted octanol–water partition coefficient (Wildman–Crippen LogP) is 3.34. The molecule has 28 heavy (non-hydrogen) atoms. The Kier molecular flexibility index (Phi) is 9.05. The molecule has 1 amide bonds. The second-order valence-electron chi connectivity index (χ2n) is 6.82. The minimum absolute atomic E-state index is 0.0581. The summed E-state index contributed by atoms with van der Waals surface area (Å²) >= 11 is 0. The third kappa shape index (κ3) is 7.06. The van der Waals surface area contributed by atoms with E-state index in [1.54, 1.807) is 7.05 Å². The van der Waals surface area contributed by atoms with Crippen molar-refractivity contribution in [2.24, 2.45) is 4.99 Å². The summed E-state index contributed by atoms with van der Waals surface area (Å²) in [5.74, 6) is 1.27. The van der Waals surface area contributed by atoms with Gasteiger partial charge in [0, 0.05) is 32.2 Å². The zero-order valence-electron chi connectivity index (χ0n) is 17.2. The van der Waals surface area contributed by atoms with Gasteiger partial charge in [0.1, 0.15) is 0 Å². The summed E-state index contributed by atoms with van der Waals surface area (Å²) in [5, 5.41) is 9.34. The monoisotopic (exact) mass is 380 g/mol. The summed E-state index contributed by atoms with van der Waals surface area (Å²) in [4.78, 5) is 16.5. The van der Waals surface area contributed by atoms with Gasteiger partial charge in [0.05, 0.1) is 0 Å². The molecule has 0 saturated heterocycles. The van der Waals surface area contributed by atoms with Gasteiger partial charge in [0.2, 0.25) is 0 Å². The van der Waals surface area contributed by atoms with E-state index in [-0.39, 0.29) is 5.91 Å². The Morgan fingerprint density at radius 3 is 2.57 bits per heavy atom. The van der Waals surface area contributed by atoms with Crippen LogP contribution in [0.3, 0.4) is 0 Å². The van der Waals surface area contributed by atoms with Gasteiger partial charge in [0.15, 0.2) is 5.96 Å². The summed E-state index contributed by atoms with van der Waals surface area (Å²) in [6, 6.07) is 18.3. The largest absolute Gasteiger partial charge is 0.357 e. The highest BCUT2D eigenvalue weighted by Gasteiger charge is 2.06. The first-order valence-corrected chi connectivity index (χ1v) is 10.0. The van der Waals surface area contributed by atoms with E-state index in [1.807, 2.05) is 30.3 Å². The van der Waals surface area contributed by atoms with E-state index in [0.717, 1.165) is 44.0 Å². The summed E-state index contributed by atoms with van der Waals surface area (Å²) < 4.78 is 0. The van der Waals surface area contributed by atoms with Crippen LogP contribution in [0.15, 0.2) is 59.6 Å². The van der Waals surface area contributed by atoms with Crippen LogP contribution in [0.5, 0.6) is 0 Å². The van der Waals surface area contributed by atoms with Crippen molar-refractivity contribution in [3.05, 3.63) is 71.3 Å². The van der Waals surface area contributed by atoms with Crippen molar-refractivity contribution in [1.82, 2.24) is 16.0 Å². The molecule has 3 N–H and O–H groups in total. The van der Waals surface area contributed by atoms with E-state index < -0.39 is 0 Å². The van der Waals surface area contributed by atoms with E-state index in [1.165, 1.54) is 5.56 Å². The van der Waals surface area contributed by atoms with Gasteiger partial charge in [-0.25, -0.2) is 0 Å². The Labute approximate surface area is 168 Å². The zero-order chi connectivity index (χ0) is 20.2. The van der Waals surface area contributed by atoms with Crippen LogP contribution in [0.25, 0.3) is 0 Å². The number of hydrogen-bond acceptors (Lipinski definition) is 2. The molecule has 0 aliphatic carbocycles. The van der Waals surface area contributed by atoms with E-state index in [0.29, 0.717) is 11.5 Å². The lowest BCUT2D eigenvalue weighted by Gasteiger charge is -2.13. The molecule has 0 heterocycles. The molecule has 2 rings (SSSR count). The van der Waals surface area contributed by atoms with Crippen LogP contribution in [0, 0.1) is 0 Å². The third-order valence-corrected chi connectivity index (χ3v) is 4.67. The fraction of sp³-hybridized carbons (Fsp3) is 0.391. The van der Waals surface area contributed by atoms with Crippen LogP contribution >= 0.6 is 0 Å². The molecule has 150 valence electrons. The van der Waals surface area contributed by atoms with Crippen molar-refractivity contribution in [3.63, 3.8) is 0 Å². The van der Waals surface area contributed by atoms with Crippen LogP contribution in [0.4, 0.5) is 0 Å². The molecule has 0 bridgehead atoms. The van der Waals surface area contributed by atoms with Crippen LogP contribution in [0.2, 0.25) is 0 Å². The molecule has 5 heteroatoms. The molecule has 0 saturated carbocycles. The average Bonchev–Trinajstić information content (AvgIpc) is 2.74. The molecule has 2 aromatic carbocycles. The SMILES string of the molecule is CCNC(=NCCC(C)c1ccccc1)NCCc1cccc(C(=O)NC)c1. The number of hydrogen-bond donors (Lipinski definition) is 3. The number of nitrogens with zero attached hydrogens (tertiary/aromatic N) is 1. The molecule has 0 aliphatic heterocycles. The molecular weight excluding hydrogens is 348 g/mol. The maximum Gasteiger partial charge on any atom is 0.251 e. The number of amides is 1. The quantitative estimate of drug-likeness (QED) is 0.462. The minimum atomic E-state index is -0.0581. The highest BCUT2D eigenvalue weighted by molar-refractivity contribution is 5.94. The van der Waals surface area contributed by atoms with Gasteiger partial charge < -0.3 is 16.0 Å². The van der Waals surface area contributed by atoms with Gasteiger partial charge in [0.25, 0.3) is 5.91 Å². The van der Waals surface area contributed by atoms with E-state index in [2.05, 4.69) is 54.1 Å². The Balaban J connectivity index is 1.83. The normalized spacial score (nSPS) is 12.3. The van der Waals surface area contributed by atoms with Gasteiger partial charge in [-0.3, -0.25) is 9.79 Å². The second kappa shape index (κ2) is 11.8. The molecule has 1 unspecified atom stereocenters. The van der Waals surface area contributed by atoms with Crippen molar-refractivity contribution in [1.29, 1.82) is 0 Å². The summed E-state index contributed by atoms with van der Waals surface area (Å²) in [5.41, 5.74) is 3.17. The van der Waals surface area contributed by atoms with Crippen molar-refractivity contribution in [2.45, 2.75) is 32.6 Å². The molecule has 0 spiro atoms. The van der Waals surface area contributed by atoms with Crippen LogP contribution in [-0.4, -0.2) is 38.5 Å². The average molecular weight is 381 g/mol. The Bertz CT molecular complexity index is 758. The lowest BCUT2D eigenvalue weighted by atomic mass is 9.98. The van der Waals surface area contributed by atoms with E-state index in [4.69, 9.17) is 4.99 Å². The molecule has 2 aromatic rings. The van der Waals surface area contributed by atoms with E-state index in [9.17, 15) is 4.79 Å². The number of rotatable bonds is 9. The summed E-state index contributed by atoms with van der Waals surface area (Å²) in [6.07, 6.45) is 1.84. The third-order valence-electron chi connectivity index (χ3n) is 4.67. The number of guanidine groups is 1. The van der Waals surface area contributed by atoms with Crippen LogP contribution in [-0.2, 0) is 6.42 Å². The van der Waals surface area contributed by atoms with E-state index >= 15 is 0 Å². The Morgan fingerprint density at radius 2 is 1.86 bits per heavy atom. The summed E-state index contributed by atoms with van der Waals surface area (Å²) in [7, 11) is 1.65. The first-order valence-electron chi connectivity index (χ1n) is 10.0. The molecule has 0 aliphatic rings. The highest BCUT2D eigenvalue weighted by atomic mass is 16.1. The fourth-order valence-electron chi connectivity index (χ4n) is 3.00. The summed E-state index contributed by atoms with van der Waals surface area (Å²) in [6.45, 7) is 6.67. The Morgan fingerprint density at radius 1 is 1.07 bits per heavy atom. The lowest BCUT2D eigenvalue weighted by molar-refractivity contribution is 0.0963. The number of aliphatic imine (C=N–C) groups is 1. The van der Waals surface area contributed by atoms with Gasteiger partial charge in [-0.15, -0.1) is 0 Å². The van der Waals surface area contributed by atoms with Crippen molar-refractivity contribution >= 4 is 11.9 Å². The van der Waals surface area contributed by atoms with Crippen molar-refractivity contribution in [2.75, 3.05) is 26.7 Å². The zero-order valence-corrected chi connectivity index (χ0v) is 17.2. The lowest BCUT2D eigenvalue weighted by Crippen LogP contribution is -2.38. The highest BCUT2D eigenvalue weighted by Crippen LogP contribution is 2.18. The number of carbonyl (C=O) groups excluding carboxylic acids is 1. The molecule has 0 fully saturated rings. The molecule has 0 aromatic heterocycles. The maximum absolute atomic E-state index is 11.8. The smallest absolute Gasteiger partial charge is 0.251 e. The van der Waals surface area contributed by atoms with Gasteiger partial charge >= 0.3 is 0 Å². The second-order valence-corrected chi connectivity index (χ2v) is 6.82. The van der Waals surface area contributed by atoms with Crippen molar-refractivity contribution < 1.29 is 4.79 Å². The van der Waals surface area contributed by atoms with Crippen LogP contribution < -0.4 is 16.0 Å². The topological polar surface area (TPSA) is 65.5 Å². The first-order chi connectivity index (χ1) is 13.6. The maximum atomic E-state index is 11.8. The Hall–Kier alpha value is -2.82. The minimum Gasteiger partial charge on any atom is -0.357 e. The predicted molar refractivity (Wildman–Crippen MR) is 117 cm³/mol. The number of nitrogens with one attached hydrogen (secondary N) is 3.